The number of benzene rings is 2. The summed E-state index contributed by atoms with van der Waals surface area (Å²) in [7, 11) is -3.67. The van der Waals surface area contributed by atoms with Crippen LogP contribution in [0.3, 0.4) is 0 Å². The minimum atomic E-state index is -3.67. The number of hydrogen-bond donors (Lipinski definition) is 1. The Labute approximate surface area is 141 Å². The molecule has 0 aliphatic carbocycles. The molecule has 7 heteroatoms. The topological polar surface area (TPSA) is 66.5 Å². The number of anilines is 1. The number of carbonyl (C=O) groups is 1. The van der Waals surface area contributed by atoms with E-state index in [4.69, 9.17) is 0 Å². The number of aryl methyl sites for hydroxylation is 1. The van der Waals surface area contributed by atoms with Crippen molar-refractivity contribution in [1.29, 1.82) is 0 Å². The average Bonchev–Trinajstić information content (AvgIpc) is 2.51. The Hall–Kier alpha value is -2.41. The van der Waals surface area contributed by atoms with Gasteiger partial charge in [0.05, 0.1) is 18.5 Å². The maximum Gasteiger partial charge on any atom is 0.251 e. The number of nitrogens with one attached hydrogen (secondary N) is 1. The van der Waals surface area contributed by atoms with E-state index in [-0.39, 0.29) is 24.7 Å². The molecule has 2 aromatic carbocycles. The molecule has 1 N–H and O–H groups in total. The van der Waals surface area contributed by atoms with E-state index in [1.54, 1.807) is 24.3 Å². The molecule has 0 atom stereocenters. The van der Waals surface area contributed by atoms with Crippen molar-refractivity contribution in [3.8, 4) is 0 Å². The minimum Gasteiger partial charge on any atom is -0.350 e. The number of hydrogen-bond acceptors (Lipinski definition) is 3. The minimum absolute atomic E-state index is 0.0372. The molecule has 0 radical (unpaired) electrons. The number of sulfonamides is 1. The van der Waals surface area contributed by atoms with Crippen LogP contribution in [0.5, 0.6) is 0 Å². The predicted molar refractivity (Wildman–Crippen MR) is 92.1 cm³/mol. The Kier molecular flexibility index (Phi) is 5.56. The Bertz CT molecular complexity index is 837. The SMILES string of the molecule is Cc1cccc(C(=O)NCCN(c2ccccc2F)S(C)(=O)=O)c1. The van der Waals surface area contributed by atoms with E-state index in [9.17, 15) is 17.6 Å². The molecule has 1 amide bonds. The lowest BCUT2D eigenvalue weighted by atomic mass is 10.1. The van der Waals surface area contributed by atoms with Gasteiger partial charge in [0.2, 0.25) is 10.0 Å². The summed E-state index contributed by atoms with van der Waals surface area (Å²) in [5.74, 6) is -0.936. The molecule has 0 aliphatic rings. The monoisotopic (exact) mass is 350 g/mol. The maximum absolute atomic E-state index is 13.9. The summed E-state index contributed by atoms with van der Waals surface area (Å²) in [6, 6.07) is 12.7. The van der Waals surface area contributed by atoms with Gasteiger partial charge < -0.3 is 5.32 Å². The zero-order chi connectivity index (χ0) is 17.7. The van der Waals surface area contributed by atoms with Crippen molar-refractivity contribution in [2.24, 2.45) is 0 Å². The molecular formula is C17H19FN2O3S. The molecule has 128 valence electrons. The maximum atomic E-state index is 13.9. The Morgan fingerprint density at radius 2 is 1.88 bits per heavy atom. The van der Waals surface area contributed by atoms with Crippen LogP contribution in [0.1, 0.15) is 15.9 Å². The Balaban J connectivity index is 2.07. The van der Waals surface area contributed by atoms with Crippen LogP contribution in [0.15, 0.2) is 48.5 Å². The van der Waals surface area contributed by atoms with Gasteiger partial charge in [-0.25, -0.2) is 12.8 Å². The second-order valence-corrected chi connectivity index (χ2v) is 7.32. The van der Waals surface area contributed by atoms with E-state index < -0.39 is 15.8 Å². The molecule has 24 heavy (non-hydrogen) atoms. The number of nitrogens with zero attached hydrogens (tertiary/aromatic N) is 1. The smallest absolute Gasteiger partial charge is 0.251 e. The zero-order valence-electron chi connectivity index (χ0n) is 13.5. The third-order valence-electron chi connectivity index (χ3n) is 3.40. The third-order valence-corrected chi connectivity index (χ3v) is 4.58. The Morgan fingerprint density at radius 3 is 2.50 bits per heavy atom. The molecule has 0 spiro atoms. The summed E-state index contributed by atoms with van der Waals surface area (Å²) in [5, 5.41) is 2.65. The van der Waals surface area contributed by atoms with Gasteiger partial charge in [0, 0.05) is 12.1 Å². The molecule has 0 aliphatic heterocycles. The molecule has 0 bridgehead atoms. The second-order valence-electron chi connectivity index (χ2n) is 5.41. The highest BCUT2D eigenvalue weighted by Crippen LogP contribution is 2.20. The summed E-state index contributed by atoms with van der Waals surface area (Å²) in [4.78, 5) is 12.1. The summed E-state index contributed by atoms with van der Waals surface area (Å²) in [5.41, 5.74) is 1.41. The highest BCUT2D eigenvalue weighted by atomic mass is 32.2. The van der Waals surface area contributed by atoms with E-state index in [1.807, 2.05) is 13.0 Å². The van der Waals surface area contributed by atoms with Crippen molar-refractivity contribution in [2.75, 3.05) is 23.7 Å². The summed E-state index contributed by atoms with van der Waals surface area (Å²) in [6.07, 6.45) is 1.00. The van der Waals surface area contributed by atoms with E-state index in [0.717, 1.165) is 16.1 Å². The standard InChI is InChI=1S/C17H19FN2O3S/c1-13-6-5-7-14(12-13)17(21)19-10-11-20(24(2,22)23)16-9-4-3-8-15(16)18/h3-9,12H,10-11H2,1-2H3,(H,19,21). The Morgan fingerprint density at radius 1 is 1.17 bits per heavy atom. The molecule has 0 fully saturated rings. The number of carbonyl (C=O) groups excluding carboxylic acids is 1. The molecule has 0 saturated carbocycles. The summed E-state index contributed by atoms with van der Waals surface area (Å²) in [6.45, 7) is 1.88. The van der Waals surface area contributed by atoms with Gasteiger partial charge in [-0.1, -0.05) is 29.8 Å². The van der Waals surface area contributed by atoms with E-state index in [0.29, 0.717) is 5.56 Å². The van der Waals surface area contributed by atoms with Gasteiger partial charge in [-0.15, -0.1) is 0 Å². The van der Waals surface area contributed by atoms with Gasteiger partial charge in [0.15, 0.2) is 0 Å². The van der Waals surface area contributed by atoms with Gasteiger partial charge in [0.25, 0.3) is 5.91 Å². The third kappa shape index (κ3) is 4.55. The average molecular weight is 350 g/mol. The number of halogens is 1. The summed E-state index contributed by atoms with van der Waals surface area (Å²) < 4.78 is 38.7. The van der Waals surface area contributed by atoms with Crippen LogP contribution < -0.4 is 9.62 Å². The van der Waals surface area contributed by atoms with Gasteiger partial charge in [-0.3, -0.25) is 9.10 Å². The van der Waals surface area contributed by atoms with Crippen LogP contribution in [0.25, 0.3) is 0 Å². The van der Waals surface area contributed by atoms with Crippen LogP contribution in [0.4, 0.5) is 10.1 Å². The van der Waals surface area contributed by atoms with Crippen molar-refractivity contribution < 1.29 is 17.6 Å². The van der Waals surface area contributed by atoms with Crippen molar-refractivity contribution in [2.45, 2.75) is 6.92 Å². The predicted octanol–water partition coefficient (Wildman–Crippen LogP) is 2.33. The van der Waals surface area contributed by atoms with Crippen molar-refractivity contribution >= 4 is 21.6 Å². The van der Waals surface area contributed by atoms with E-state index >= 15 is 0 Å². The molecular weight excluding hydrogens is 331 g/mol. The first-order valence-corrected chi connectivity index (χ1v) is 9.21. The van der Waals surface area contributed by atoms with Crippen molar-refractivity contribution in [1.82, 2.24) is 5.32 Å². The fraction of sp³-hybridized carbons (Fsp3) is 0.235. The van der Waals surface area contributed by atoms with Crippen LogP contribution >= 0.6 is 0 Å². The lowest BCUT2D eigenvalue weighted by Gasteiger charge is -2.23. The number of amides is 1. The number of rotatable bonds is 6. The first-order valence-electron chi connectivity index (χ1n) is 7.36. The molecule has 5 nitrogen and oxygen atoms in total. The molecule has 2 rings (SSSR count). The highest BCUT2D eigenvalue weighted by molar-refractivity contribution is 7.92. The molecule has 0 unspecified atom stereocenters. The van der Waals surface area contributed by atoms with Gasteiger partial charge in [-0.2, -0.15) is 0 Å². The van der Waals surface area contributed by atoms with Gasteiger partial charge in [0.1, 0.15) is 5.82 Å². The fourth-order valence-corrected chi connectivity index (χ4v) is 3.21. The lowest BCUT2D eigenvalue weighted by molar-refractivity contribution is 0.0954. The molecule has 0 saturated heterocycles. The fourth-order valence-electron chi connectivity index (χ4n) is 2.28. The van der Waals surface area contributed by atoms with Gasteiger partial charge in [-0.05, 0) is 31.2 Å². The van der Waals surface area contributed by atoms with Crippen LogP contribution in [-0.4, -0.2) is 33.7 Å². The van der Waals surface area contributed by atoms with E-state index in [1.165, 1.54) is 18.2 Å². The summed E-state index contributed by atoms with van der Waals surface area (Å²) >= 11 is 0. The molecule has 2 aromatic rings. The quantitative estimate of drug-likeness (QED) is 0.869. The second kappa shape index (κ2) is 7.44. The largest absolute Gasteiger partial charge is 0.350 e. The first kappa shape index (κ1) is 17.9. The lowest BCUT2D eigenvalue weighted by Crippen LogP contribution is -2.38. The van der Waals surface area contributed by atoms with Gasteiger partial charge >= 0.3 is 0 Å². The highest BCUT2D eigenvalue weighted by Gasteiger charge is 2.20. The molecule has 0 heterocycles. The van der Waals surface area contributed by atoms with Crippen LogP contribution in [-0.2, 0) is 10.0 Å². The number of para-hydroxylation sites is 1. The van der Waals surface area contributed by atoms with Crippen molar-refractivity contribution in [3.63, 3.8) is 0 Å². The van der Waals surface area contributed by atoms with Crippen LogP contribution in [0.2, 0.25) is 0 Å². The molecule has 0 aromatic heterocycles. The zero-order valence-corrected chi connectivity index (χ0v) is 14.3. The van der Waals surface area contributed by atoms with Crippen molar-refractivity contribution in [3.05, 3.63) is 65.5 Å². The van der Waals surface area contributed by atoms with E-state index in [2.05, 4.69) is 5.32 Å². The van der Waals surface area contributed by atoms with Crippen LogP contribution in [0, 0.1) is 12.7 Å². The normalized spacial score (nSPS) is 11.1. The first-order chi connectivity index (χ1) is 11.3.